The van der Waals surface area contributed by atoms with Gasteiger partial charge in [-0.2, -0.15) is 0 Å². The molecule has 0 aliphatic carbocycles. The van der Waals surface area contributed by atoms with Crippen molar-refractivity contribution in [2.45, 2.75) is 20.8 Å². The van der Waals surface area contributed by atoms with Gasteiger partial charge in [0.2, 0.25) is 0 Å². The fraction of sp³-hybridized carbons (Fsp3) is 0.364. The molecule has 0 spiro atoms. The fourth-order valence-electron chi connectivity index (χ4n) is 3.68. The van der Waals surface area contributed by atoms with Crippen LogP contribution in [0.5, 0.6) is 5.75 Å². The maximum absolute atomic E-state index is 12.9. The number of carbonyl (C=O) groups excluding carboxylic acids is 1. The average Bonchev–Trinajstić information content (AvgIpc) is 3.11. The topological polar surface area (TPSA) is 76.4 Å². The summed E-state index contributed by atoms with van der Waals surface area (Å²) in [7, 11) is 1.59. The number of amides is 1. The van der Waals surface area contributed by atoms with E-state index in [1.54, 1.807) is 13.4 Å². The summed E-state index contributed by atoms with van der Waals surface area (Å²) in [5.74, 6) is 2.99. The molecule has 0 saturated carbocycles. The summed E-state index contributed by atoms with van der Waals surface area (Å²) < 4.78 is 7.33. The summed E-state index contributed by atoms with van der Waals surface area (Å²) in [5, 5.41) is 0. The van der Waals surface area contributed by atoms with Crippen LogP contribution >= 0.6 is 0 Å². The highest BCUT2D eigenvalue weighted by Gasteiger charge is 2.25. The van der Waals surface area contributed by atoms with E-state index in [9.17, 15) is 4.79 Å². The lowest BCUT2D eigenvalue weighted by molar-refractivity contribution is 0.0743. The summed E-state index contributed by atoms with van der Waals surface area (Å²) in [4.78, 5) is 30.6. The minimum atomic E-state index is -0.00354. The molecule has 0 bridgehead atoms. The van der Waals surface area contributed by atoms with Gasteiger partial charge in [0, 0.05) is 37.9 Å². The molecule has 8 nitrogen and oxygen atoms in total. The molecule has 1 amide bonds. The molecule has 0 radical (unpaired) electrons. The van der Waals surface area contributed by atoms with E-state index >= 15 is 0 Å². The molecule has 4 rings (SSSR count). The number of hydrogen-bond donors (Lipinski definition) is 0. The van der Waals surface area contributed by atoms with Crippen molar-refractivity contribution in [2.75, 3.05) is 38.2 Å². The van der Waals surface area contributed by atoms with E-state index in [1.165, 1.54) is 0 Å². The predicted molar refractivity (Wildman–Crippen MR) is 114 cm³/mol. The Morgan fingerprint density at radius 1 is 1.00 bits per heavy atom. The molecule has 1 fully saturated rings. The van der Waals surface area contributed by atoms with Crippen LogP contribution in [0.1, 0.15) is 27.6 Å². The predicted octanol–water partition coefficient (Wildman–Crippen LogP) is 2.56. The summed E-state index contributed by atoms with van der Waals surface area (Å²) >= 11 is 0. The van der Waals surface area contributed by atoms with E-state index in [0.29, 0.717) is 43.3 Å². The first-order valence-electron chi connectivity index (χ1n) is 10.0. The Hall–Kier alpha value is -3.42. The van der Waals surface area contributed by atoms with Gasteiger partial charge in [0.25, 0.3) is 5.91 Å². The van der Waals surface area contributed by atoms with Gasteiger partial charge in [-0.3, -0.25) is 9.36 Å². The van der Waals surface area contributed by atoms with Crippen molar-refractivity contribution in [3.63, 3.8) is 0 Å². The Morgan fingerprint density at radius 3 is 2.37 bits per heavy atom. The Morgan fingerprint density at radius 2 is 1.70 bits per heavy atom. The normalized spacial score (nSPS) is 14.1. The molecule has 3 aromatic rings. The number of imidazole rings is 1. The molecule has 1 saturated heterocycles. The van der Waals surface area contributed by atoms with Crippen LogP contribution in [0.3, 0.4) is 0 Å². The largest absolute Gasteiger partial charge is 0.496 e. The van der Waals surface area contributed by atoms with Gasteiger partial charge in [0.1, 0.15) is 29.5 Å². The zero-order valence-corrected chi connectivity index (χ0v) is 17.8. The Kier molecular flexibility index (Phi) is 5.39. The van der Waals surface area contributed by atoms with E-state index in [4.69, 9.17) is 4.74 Å². The Balaban J connectivity index is 1.50. The number of piperazine rings is 1. The van der Waals surface area contributed by atoms with Gasteiger partial charge in [-0.05, 0) is 32.9 Å². The van der Waals surface area contributed by atoms with Gasteiger partial charge in [-0.25, -0.2) is 15.0 Å². The summed E-state index contributed by atoms with van der Waals surface area (Å²) in [6.45, 7) is 8.57. The number of methoxy groups -OCH3 is 1. The van der Waals surface area contributed by atoms with Crippen LogP contribution in [0.4, 0.5) is 5.82 Å². The molecule has 30 heavy (non-hydrogen) atoms. The van der Waals surface area contributed by atoms with E-state index in [-0.39, 0.29) is 5.91 Å². The van der Waals surface area contributed by atoms with Crippen molar-refractivity contribution in [3.05, 3.63) is 59.4 Å². The van der Waals surface area contributed by atoms with Crippen LogP contribution in [0, 0.1) is 20.8 Å². The molecule has 3 heterocycles. The maximum atomic E-state index is 12.9. The van der Waals surface area contributed by atoms with Gasteiger partial charge in [0.15, 0.2) is 0 Å². The molecule has 1 aliphatic heterocycles. The van der Waals surface area contributed by atoms with Crippen LogP contribution < -0.4 is 9.64 Å². The Labute approximate surface area is 176 Å². The highest BCUT2D eigenvalue weighted by Crippen LogP contribution is 2.22. The fourth-order valence-corrected chi connectivity index (χ4v) is 3.68. The number of rotatable bonds is 4. The SMILES string of the molecule is COc1ccccc1C(=O)N1CCN(c2cc(-n3cnc(C)c3C)nc(C)n2)CC1. The van der Waals surface area contributed by atoms with Crippen LogP contribution in [-0.2, 0) is 0 Å². The Bertz CT molecular complexity index is 1070. The number of anilines is 1. The van der Waals surface area contributed by atoms with Gasteiger partial charge >= 0.3 is 0 Å². The zero-order chi connectivity index (χ0) is 21.3. The molecule has 0 unspecified atom stereocenters. The number of para-hydroxylation sites is 1. The lowest BCUT2D eigenvalue weighted by atomic mass is 10.1. The second-order valence-electron chi connectivity index (χ2n) is 7.40. The third-order valence-corrected chi connectivity index (χ3v) is 5.54. The summed E-state index contributed by atoms with van der Waals surface area (Å²) in [6, 6.07) is 9.33. The quantitative estimate of drug-likeness (QED) is 0.663. The molecule has 1 aliphatic rings. The van der Waals surface area contributed by atoms with E-state index in [2.05, 4.69) is 19.9 Å². The number of hydrogen-bond acceptors (Lipinski definition) is 6. The zero-order valence-electron chi connectivity index (χ0n) is 17.8. The van der Waals surface area contributed by atoms with Crippen LogP contribution in [0.2, 0.25) is 0 Å². The lowest BCUT2D eigenvalue weighted by Crippen LogP contribution is -2.49. The second kappa shape index (κ2) is 8.14. The molecular formula is C22H26N6O2. The highest BCUT2D eigenvalue weighted by atomic mass is 16.5. The summed E-state index contributed by atoms with van der Waals surface area (Å²) in [5.41, 5.74) is 2.64. The first kappa shape index (κ1) is 19.9. The number of aryl methyl sites for hydroxylation is 2. The number of nitrogens with zero attached hydrogens (tertiary/aromatic N) is 6. The van der Waals surface area contributed by atoms with Crippen molar-refractivity contribution in [1.82, 2.24) is 24.4 Å². The lowest BCUT2D eigenvalue weighted by Gasteiger charge is -2.35. The van der Waals surface area contributed by atoms with Crippen LogP contribution in [-0.4, -0.2) is 63.6 Å². The number of ether oxygens (including phenoxy) is 1. The second-order valence-corrected chi connectivity index (χ2v) is 7.40. The highest BCUT2D eigenvalue weighted by molar-refractivity contribution is 5.97. The van der Waals surface area contributed by atoms with E-state index in [1.807, 2.05) is 60.6 Å². The van der Waals surface area contributed by atoms with Crippen LogP contribution in [0.25, 0.3) is 5.82 Å². The molecule has 156 valence electrons. The molecule has 0 atom stereocenters. The van der Waals surface area contributed by atoms with Gasteiger partial charge < -0.3 is 14.5 Å². The molecule has 0 N–H and O–H groups in total. The number of aromatic nitrogens is 4. The van der Waals surface area contributed by atoms with Crippen molar-refractivity contribution in [3.8, 4) is 11.6 Å². The van der Waals surface area contributed by atoms with Gasteiger partial charge in [-0.15, -0.1) is 0 Å². The number of benzene rings is 1. The van der Waals surface area contributed by atoms with Crippen molar-refractivity contribution < 1.29 is 9.53 Å². The smallest absolute Gasteiger partial charge is 0.257 e. The summed E-state index contributed by atoms with van der Waals surface area (Å²) in [6.07, 6.45) is 1.79. The molecule has 2 aromatic heterocycles. The van der Waals surface area contributed by atoms with Crippen molar-refractivity contribution in [1.29, 1.82) is 0 Å². The average molecular weight is 406 g/mol. The third-order valence-electron chi connectivity index (χ3n) is 5.54. The standard InChI is InChI=1S/C22H26N6O2/c1-15-16(2)28(14-23-15)21-13-20(24-17(3)25-21)26-9-11-27(12-10-26)22(29)18-7-5-6-8-19(18)30-4/h5-8,13-14H,9-12H2,1-4H3. The van der Waals surface area contributed by atoms with Gasteiger partial charge in [-0.1, -0.05) is 12.1 Å². The molecular weight excluding hydrogens is 380 g/mol. The monoisotopic (exact) mass is 406 g/mol. The van der Waals surface area contributed by atoms with Crippen LogP contribution in [0.15, 0.2) is 36.7 Å². The number of carbonyl (C=O) groups is 1. The minimum Gasteiger partial charge on any atom is -0.496 e. The first-order valence-corrected chi connectivity index (χ1v) is 10.0. The van der Waals surface area contributed by atoms with E-state index in [0.717, 1.165) is 23.0 Å². The minimum absolute atomic E-state index is 0.00354. The van der Waals surface area contributed by atoms with Crippen molar-refractivity contribution in [2.24, 2.45) is 0 Å². The first-order chi connectivity index (χ1) is 14.5. The van der Waals surface area contributed by atoms with Crippen molar-refractivity contribution >= 4 is 11.7 Å². The molecule has 1 aromatic carbocycles. The van der Waals surface area contributed by atoms with E-state index < -0.39 is 0 Å². The maximum Gasteiger partial charge on any atom is 0.257 e. The molecule has 8 heteroatoms. The third kappa shape index (κ3) is 3.72. The van der Waals surface area contributed by atoms with Gasteiger partial charge in [0.05, 0.1) is 18.4 Å².